The third-order valence-electron chi connectivity index (χ3n) is 3.32. The molecule has 0 fully saturated rings. The number of benzene rings is 2. The Morgan fingerprint density at radius 2 is 1.82 bits per heavy atom. The van der Waals surface area contributed by atoms with Gasteiger partial charge in [-0.05, 0) is 54.8 Å². The van der Waals surface area contributed by atoms with Crippen molar-refractivity contribution >= 4 is 5.97 Å². The second kappa shape index (κ2) is 7.28. The van der Waals surface area contributed by atoms with Crippen LogP contribution in [0.25, 0.3) is 0 Å². The SMILES string of the molecule is Cc1ccc(OCC(=O)OCc2ccc(C#N)cc2)cc1C. The molecule has 4 heteroatoms. The molecule has 0 bridgehead atoms. The summed E-state index contributed by atoms with van der Waals surface area (Å²) in [5.74, 6) is 0.223. The molecule has 0 atom stereocenters. The van der Waals surface area contributed by atoms with Crippen LogP contribution in [0.2, 0.25) is 0 Å². The average Bonchev–Trinajstić information content (AvgIpc) is 2.54. The summed E-state index contributed by atoms with van der Waals surface area (Å²) in [6, 6.07) is 14.6. The van der Waals surface area contributed by atoms with Crippen LogP contribution in [0.4, 0.5) is 0 Å². The molecule has 2 aromatic rings. The summed E-state index contributed by atoms with van der Waals surface area (Å²) in [6.45, 7) is 4.05. The van der Waals surface area contributed by atoms with Gasteiger partial charge in [-0.3, -0.25) is 0 Å². The van der Waals surface area contributed by atoms with Crippen LogP contribution in [-0.2, 0) is 16.1 Å². The number of ether oxygens (including phenoxy) is 2. The average molecular weight is 295 g/mol. The molecular formula is C18H17NO3. The summed E-state index contributed by atoms with van der Waals surface area (Å²) in [5.41, 5.74) is 3.70. The molecule has 0 saturated heterocycles. The minimum atomic E-state index is -0.428. The zero-order chi connectivity index (χ0) is 15.9. The van der Waals surface area contributed by atoms with Crippen molar-refractivity contribution in [3.8, 4) is 11.8 Å². The highest BCUT2D eigenvalue weighted by atomic mass is 16.6. The maximum absolute atomic E-state index is 11.7. The Balaban J connectivity index is 1.80. The van der Waals surface area contributed by atoms with E-state index in [0.29, 0.717) is 11.3 Å². The van der Waals surface area contributed by atoms with Gasteiger partial charge in [0.25, 0.3) is 0 Å². The smallest absolute Gasteiger partial charge is 0.344 e. The van der Waals surface area contributed by atoms with Crippen molar-refractivity contribution < 1.29 is 14.3 Å². The number of carbonyl (C=O) groups excluding carboxylic acids is 1. The van der Waals surface area contributed by atoms with Gasteiger partial charge >= 0.3 is 5.97 Å². The molecule has 0 aliphatic heterocycles. The normalized spacial score (nSPS) is 9.86. The van der Waals surface area contributed by atoms with Gasteiger partial charge in [0.15, 0.2) is 6.61 Å². The first-order chi connectivity index (χ1) is 10.6. The Morgan fingerprint density at radius 1 is 1.09 bits per heavy atom. The highest BCUT2D eigenvalue weighted by Crippen LogP contribution is 2.16. The first-order valence-corrected chi connectivity index (χ1v) is 6.93. The summed E-state index contributed by atoms with van der Waals surface area (Å²) in [6.07, 6.45) is 0. The molecule has 0 amide bonds. The summed E-state index contributed by atoms with van der Waals surface area (Å²) >= 11 is 0. The quantitative estimate of drug-likeness (QED) is 0.794. The van der Waals surface area contributed by atoms with Gasteiger partial charge in [-0.1, -0.05) is 18.2 Å². The van der Waals surface area contributed by atoms with Crippen molar-refractivity contribution in [1.29, 1.82) is 5.26 Å². The summed E-state index contributed by atoms with van der Waals surface area (Å²) in [5, 5.41) is 8.71. The number of aryl methyl sites for hydroxylation is 2. The first-order valence-electron chi connectivity index (χ1n) is 6.93. The number of carbonyl (C=O) groups is 1. The number of hydrogen-bond donors (Lipinski definition) is 0. The predicted octanol–water partition coefficient (Wildman–Crippen LogP) is 3.30. The van der Waals surface area contributed by atoms with E-state index in [1.54, 1.807) is 24.3 Å². The lowest BCUT2D eigenvalue weighted by Crippen LogP contribution is -2.14. The molecule has 0 unspecified atom stereocenters. The minimum Gasteiger partial charge on any atom is -0.482 e. The Labute approximate surface area is 129 Å². The zero-order valence-electron chi connectivity index (χ0n) is 12.6. The molecule has 0 aliphatic carbocycles. The maximum Gasteiger partial charge on any atom is 0.344 e. The Bertz CT molecular complexity index is 699. The van der Waals surface area contributed by atoms with E-state index in [9.17, 15) is 4.79 Å². The standard InChI is InChI=1S/C18H17NO3/c1-13-3-8-17(9-14(13)2)21-12-18(20)22-11-16-6-4-15(10-19)5-7-16/h3-9H,11-12H2,1-2H3. The lowest BCUT2D eigenvalue weighted by Gasteiger charge is -2.08. The number of esters is 1. The Kier molecular flexibility index (Phi) is 5.16. The van der Waals surface area contributed by atoms with Gasteiger partial charge in [0.05, 0.1) is 11.6 Å². The maximum atomic E-state index is 11.7. The van der Waals surface area contributed by atoms with Crippen LogP contribution in [0.15, 0.2) is 42.5 Å². The lowest BCUT2D eigenvalue weighted by molar-refractivity contribution is -0.147. The van der Waals surface area contributed by atoms with E-state index in [1.165, 1.54) is 5.56 Å². The van der Waals surface area contributed by atoms with Crippen molar-refractivity contribution in [2.45, 2.75) is 20.5 Å². The van der Waals surface area contributed by atoms with Crippen molar-refractivity contribution in [3.63, 3.8) is 0 Å². The number of hydrogen-bond acceptors (Lipinski definition) is 4. The van der Waals surface area contributed by atoms with E-state index in [1.807, 2.05) is 38.1 Å². The van der Waals surface area contributed by atoms with Gasteiger partial charge in [0.2, 0.25) is 0 Å². The van der Waals surface area contributed by atoms with Crippen molar-refractivity contribution in [2.24, 2.45) is 0 Å². The molecule has 0 aromatic heterocycles. The predicted molar refractivity (Wildman–Crippen MR) is 82.4 cm³/mol. The molecule has 0 N–H and O–H groups in total. The van der Waals surface area contributed by atoms with Gasteiger partial charge < -0.3 is 9.47 Å². The van der Waals surface area contributed by atoms with Gasteiger partial charge in [-0.15, -0.1) is 0 Å². The van der Waals surface area contributed by atoms with E-state index in [4.69, 9.17) is 14.7 Å². The molecule has 2 aromatic carbocycles. The van der Waals surface area contributed by atoms with Gasteiger partial charge in [-0.25, -0.2) is 4.79 Å². The van der Waals surface area contributed by atoms with Crippen LogP contribution < -0.4 is 4.74 Å². The molecule has 2 rings (SSSR count). The van der Waals surface area contributed by atoms with E-state index in [2.05, 4.69) is 0 Å². The van der Waals surface area contributed by atoms with Crippen LogP contribution >= 0.6 is 0 Å². The minimum absolute atomic E-state index is 0.126. The van der Waals surface area contributed by atoms with E-state index >= 15 is 0 Å². The topological polar surface area (TPSA) is 59.3 Å². The van der Waals surface area contributed by atoms with Gasteiger partial charge in [-0.2, -0.15) is 5.26 Å². The highest BCUT2D eigenvalue weighted by Gasteiger charge is 2.06. The zero-order valence-corrected chi connectivity index (χ0v) is 12.6. The van der Waals surface area contributed by atoms with Crippen molar-refractivity contribution in [2.75, 3.05) is 6.61 Å². The number of nitriles is 1. The second-order valence-corrected chi connectivity index (χ2v) is 5.00. The monoisotopic (exact) mass is 295 g/mol. The molecule has 112 valence electrons. The van der Waals surface area contributed by atoms with Crippen LogP contribution in [0, 0.1) is 25.2 Å². The second-order valence-electron chi connectivity index (χ2n) is 5.00. The number of rotatable bonds is 5. The lowest BCUT2D eigenvalue weighted by atomic mass is 10.1. The third kappa shape index (κ3) is 4.35. The van der Waals surface area contributed by atoms with E-state index < -0.39 is 5.97 Å². The molecule has 0 saturated carbocycles. The molecule has 22 heavy (non-hydrogen) atoms. The van der Waals surface area contributed by atoms with E-state index in [0.717, 1.165) is 11.1 Å². The molecule has 4 nitrogen and oxygen atoms in total. The molecular weight excluding hydrogens is 278 g/mol. The largest absolute Gasteiger partial charge is 0.482 e. The number of nitrogens with zero attached hydrogens (tertiary/aromatic N) is 1. The summed E-state index contributed by atoms with van der Waals surface area (Å²) in [4.78, 5) is 11.7. The van der Waals surface area contributed by atoms with Crippen LogP contribution in [0.5, 0.6) is 5.75 Å². The fraction of sp³-hybridized carbons (Fsp3) is 0.222. The van der Waals surface area contributed by atoms with E-state index in [-0.39, 0.29) is 13.2 Å². The summed E-state index contributed by atoms with van der Waals surface area (Å²) < 4.78 is 10.5. The first kappa shape index (κ1) is 15.6. The fourth-order valence-corrected chi connectivity index (χ4v) is 1.83. The molecule has 0 aliphatic rings. The van der Waals surface area contributed by atoms with Crippen LogP contribution in [-0.4, -0.2) is 12.6 Å². The van der Waals surface area contributed by atoms with Gasteiger partial charge in [0, 0.05) is 0 Å². The molecule has 0 heterocycles. The third-order valence-corrected chi connectivity index (χ3v) is 3.32. The molecule has 0 radical (unpaired) electrons. The molecule has 0 spiro atoms. The van der Waals surface area contributed by atoms with Crippen LogP contribution in [0.3, 0.4) is 0 Å². The van der Waals surface area contributed by atoms with Crippen molar-refractivity contribution in [3.05, 3.63) is 64.7 Å². The van der Waals surface area contributed by atoms with Gasteiger partial charge in [0.1, 0.15) is 12.4 Å². The fourth-order valence-electron chi connectivity index (χ4n) is 1.83. The Hall–Kier alpha value is -2.80. The van der Waals surface area contributed by atoms with Crippen molar-refractivity contribution in [1.82, 2.24) is 0 Å². The Morgan fingerprint density at radius 3 is 2.45 bits per heavy atom. The summed E-state index contributed by atoms with van der Waals surface area (Å²) in [7, 11) is 0. The van der Waals surface area contributed by atoms with Crippen LogP contribution in [0.1, 0.15) is 22.3 Å². The highest BCUT2D eigenvalue weighted by molar-refractivity contribution is 5.71.